The summed E-state index contributed by atoms with van der Waals surface area (Å²) in [6.45, 7) is 3.69. The zero-order valence-electron chi connectivity index (χ0n) is 11.2. The van der Waals surface area contributed by atoms with Crippen LogP contribution in [-0.2, 0) is 4.79 Å². The van der Waals surface area contributed by atoms with Crippen LogP contribution in [0.5, 0.6) is 0 Å². The Morgan fingerprint density at radius 1 is 1.40 bits per heavy atom. The molecule has 1 amide bonds. The van der Waals surface area contributed by atoms with Crippen LogP contribution in [0.25, 0.3) is 0 Å². The average molecular weight is 280 g/mol. The van der Waals surface area contributed by atoms with E-state index >= 15 is 0 Å². The van der Waals surface area contributed by atoms with Gasteiger partial charge in [-0.2, -0.15) is 0 Å². The van der Waals surface area contributed by atoms with E-state index in [9.17, 15) is 19.7 Å². The molecule has 1 aromatic rings. The van der Waals surface area contributed by atoms with Crippen molar-refractivity contribution >= 4 is 17.6 Å². The first kappa shape index (κ1) is 15.6. The summed E-state index contributed by atoms with van der Waals surface area (Å²) < 4.78 is 0. The van der Waals surface area contributed by atoms with E-state index in [1.807, 2.05) is 13.8 Å². The normalized spacial score (nSPS) is 11.9. The van der Waals surface area contributed by atoms with Crippen molar-refractivity contribution in [3.63, 3.8) is 0 Å². The highest BCUT2D eigenvalue weighted by Gasteiger charge is 2.22. The van der Waals surface area contributed by atoms with Gasteiger partial charge in [0.25, 0.3) is 11.6 Å². The second-order valence-corrected chi connectivity index (χ2v) is 4.80. The third-order valence-electron chi connectivity index (χ3n) is 2.63. The maximum atomic E-state index is 11.9. The fourth-order valence-corrected chi connectivity index (χ4v) is 1.70. The highest BCUT2D eigenvalue weighted by atomic mass is 16.6. The number of non-ortho nitro benzene ring substituents is 1. The van der Waals surface area contributed by atoms with Crippen LogP contribution in [-0.4, -0.2) is 27.9 Å². The number of carboxylic acids is 1. The van der Waals surface area contributed by atoms with Gasteiger partial charge < -0.3 is 10.4 Å². The van der Waals surface area contributed by atoms with Gasteiger partial charge in [0.1, 0.15) is 6.04 Å². The lowest BCUT2D eigenvalue weighted by Crippen LogP contribution is -2.41. The van der Waals surface area contributed by atoms with E-state index in [2.05, 4.69) is 5.32 Å². The van der Waals surface area contributed by atoms with E-state index in [0.29, 0.717) is 0 Å². The molecule has 0 aromatic heterocycles. The van der Waals surface area contributed by atoms with Crippen LogP contribution >= 0.6 is 0 Å². The lowest BCUT2D eigenvalue weighted by atomic mass is 10.0. The van der Waals surface area contributed by atoms with E-state index in [1.54, 1.807) is 0 Å². The first-order chi connectivity index (χ1) is 9.31. The molecule has 7 heteroatoms. The molecule has 1 aromatic carbocycles. The van der Waals surface area contributed by atoms with E-state index in [0.717, 1.165) is 6.07 Å². The summed E-state index contributed by atoms with van der Waals surface area (Å²) in [4.78, 5) is 33.0. The summed E-state index contributed by atoms with van der Waals surface area (Å²) >= 11 is 0. The van der Waals surface area contributed by atoms with Gasteiger partial charge in [0, 0.05) is 17.7 Å². The first-order valence-corrected chi connectivity index (χ1v) is 6.09. The number of nitro groups is 1. The van der Waals surface area contributed by atoms with Gasteiger partial charge in [0.05, 0.1) is 4.92 Å². The fraction of sp³-hybridized carbons (Fsp3) is 0.385. The number of nitro benzene ring substituents is 1. The van der Waals surface area contributed by atoms with E-state index < -0.39 is 22.8 Å². The molecular formula is C13H16N2O5. The Kier molecular flexibility index (Phi) is 5.19. The maximum absolute atomic E-state index is 11.9. The molecule has 1 atom stereocenters. The standard InChI is InChI=1S/C13H16N2O5/c1-8(2)6-11(13(17)18)14-12(16)9-4-3-5-10(7-9)15(19)20/h3-5,7-8,11H,6H2,1-2H3,(H,14,16)(H,17,18)/t11-/m1/s1. The van der Waals surface area contributed by atoms with Crippen LogP contribution in [0, 0.1) is 16.0 Å². The van der Waals surface area contributed by atoms with Gasteiger partial charge in [-0.3, -0.25) is 14.9 Å². The molecule has 1 rings (SSSR count). The van der Waals surface area contributed by atoms with Gasteiger partial charge in [-0.25, -0.2) is 4.79 Å². The largest absolute Gasteiger partial charge is 0.480 e. The Bertz CT molecular complexity index is 527. The number of hydrogen-bond acceptors (Lipinski definition) is 4. The molecule has 108 valence electrons. The first-order valence-electron chi connectivity index (χ1n) is 6.09. The number of hydrogen-bond donors (Lipinski definition) is 2. The molecule has 2 N–H and O–H groups in total. The molecule has 0 spiro atoms. The van der Waals surface area contributed by atoms with Crippen molar-refractivity contribution in [2.24, 2.45) is 5.92 Å². The number of aliphatic carboxylic acids is 1. The van der Waals surface area contributed by atoms with Crippen molar-refractivity contribution in [1.82, 2.24) is 5.32 Å². The number of rotatable bonds is 6. The predicted molar refractivity (Wildman–Crippen MR) is 71.4 cm³/mol. The molecule has 0 bridgehead atoms. The molecule has 0 unspecified atom stereocenters. The van der Waals surface area contributed by atoms with Gasteiger partial charge in [-0.15, -0.1) is 0 Å². The highest BCUT2D eigenvalue weighted by molar-refractivity contribution is 5.97. The summed E-state index contributed by atoms with van der Waals surface area (Å²) in [7, 11) is 0. The van der Waals surface area contributed by atoms with Crippen LogP contribution in [0.3, 0.4) is 0 Å². The minimum atomic E-state index is -1.13. The van der Waals surface area contributed by atoms with E-state index in [-0.39, 0.29) is 23.6 Å². The number of nitrogens with zero attached hydrogens (tertiary/aromatic N) is 1. The second-order valence-electron chi connectivity index (χ2n) is 4.80. The predicted octanol–water partition coefficient (Wildman–Crippen LogP) is 1.82. The molecule has 0 aliphatic carbocycles. The number of carbonyl (C=O) groups is 2. The van der Waals surface area contributed by atoms with E-state index in [4.69, 9.17) is 5.11 Å². The number of nitrogens with one attached hydrogen (secondary N) is 1. The van der Waals surface area contributed by atoms with Crippen LogP contribution in [0.4, 0.5) is 5.69 Å². The lowest BCUT2D eigenvalue weighted by molar-refractivity contribution is -0.384. The van der Waals surface area contributed by atoms with Gasteiger partial charge in [0.2, 0.25) is 0 Å². The summed E-state index contributed by atoms with van der Waals surface area (Å²) in [5.74, 6) is -1.67. The molecule has 0 aliphatic rings. The average Bonchev–Trinajstić information content (AvgIpc) is 2.37. The summed E-state index contributed by atoms with van der Waals surface area (Å²) in [5, 5.41) is 22.0. The molecule has 0 saturated heterocycles. The van der Waals surface area contributed by atoms with Crippen LogP contribution in [0.2, 0.25) is 0 Å². The van der Waals surface area contributed by atoms with Crippen molar-refractivity contribution in [2.75, 3.05) is 0 Å². The third-order valence-corrected chi connectivity index (χ3v) is 2.63. The molecule has 7 nitrogen and oxygen atoms in total. The molecule has 0 saturated carbocycles. The molecule has 0 radical (unpaired) electrons. The van der Waals surface area contributed by atoms with Gasteiger partial charge in [-0.1, -0.05) is 19.9 Å². The number of carbonyl (C=O) groups excluding carboxylic acids is 1. The Morgan fingerprint density at radius 3 is 2.55 bits per heavy atom. The molecule has 0 aliphatic heterocycles. The molecule has 0 fully saturated rings. The summed E-state index contributed by atoms with van der Waals surface area (Å²) in [5.41, 5.74) is -0.150. The van der Waals surface area contributed by atoms with Crippen molar-refractivity contribution in [3.05, 3.63) is 39.9 Å². The second kappa shape index (κ2) is 6.65. The SMILES string of the molecule is CC(C)C[C@@H](NC(=O)c1cccc([N+](=O)[O-])c1)C(=O)O. The highest BCUT2D eigenvalue weighted by Crippen LogP contribution is 2.13. The Labute approximate surface area is 115 Å². The Morgan fingerprint density at radius 2 is 2.05 bits per heavy atom. The molecule has 20 heavy (non-hydrogen) atoms. The van der Waals surface area contributed by atoms with Gasteiger partial charge >= 0.3 is 5.97 Å². The van der Waals surface area contributed by atoms with Crippen molar-refractivity contribution in [3.8, 4) is 0 Å². The topological polar surface area (TPSA) is 110 Å². The quantitative estimate of drug-likeness (QED) is 0.610. The monoisotopic (exact) mass is 280 g/mol. The van der Waals surface area contributed by atoms with Crippen molar-refractivity contribution in [1.29, 1.82) is 0 Å². The summed E-state index contributed by atoms with van der Waals surface area (Å²) in [6.07, 6.45) is 0.288. The van der Waals surface area contributed by atoms with Crippen LogP contribution in [0.1, 0.15) is 30.6 Å². The van der Waals surface area contributed by atoms with Gasteiger partial charge in [-0.05, 0) is 18.4 Å². The van der Waals surface area contributed by atoms with E-state index in [1.165, 1.54) is 18.2 Å². The van der Waals surface area contributed by atoms with Crippen molar-refractivity contribution < 1.29 is 19.6 Å². The minimum Gasteiger partial charge on any atom is -0.480 e. The fourth-order valence-electron chi connectivity index (χ4n) is 1.70. The third kappa shape index (κ3) is 4.34. The zero-order chi connectivity index (χ0) is 15.3. The van der Waals surface area contributed by atoms with Gasteiger partial charge in [0.15, 0.2) is 0 Å². The van der Waals surface area contributed by atoms with Crippen LogP contribution in [0.15, 0.2) is 24.3 Å². The zero-order valence-corrected chi connectivity index (χ0v) is 11.2. The Hall–Kier alpha value is -2.44. The Balaban J connectivity index is 2.86. The maximum Gasteiger partial charge on any atom is 0.326 e. The number of benzene rings is 1. The lowest BCUT2D eigenvalue weighted by Gasteiger charge is -2.16. The number of carboxylic acid groups (broad SMARTS) is 1. The molecular weight excluding hydrogens is 264 g/mol. The van der Waals surface area contributed by atoms with Crippen molar-refractivity contribution in [2.45, 2.75) is 26.3 Å². The smallest absolute Gasteiger partial charge is 0.326 e. The summed E-state index contributed by atoms with van der Waals surface area (Å²) in [6, 6.07) is 4.15. The molecule has 0 heterocycles. The number of amides is 1. The van der Waals surface area contributed by atoms with Crippen LogP contribution < -0.4 is 5.32 Å². The minimum absolute atomic E-state index is 0.0641.